The smallest absolute Gasteiger partial charge is 0.259 e. The van der Waals surface area contributed by atoms with Crippen molar-refractivity contribution >= 4 is 5.78 Å². The molecule has 31 heavy (non-hydrogen) atoms. The van der Waals surface area contributed by atoms with Crippen LogP contribution in [0.4, 0.5) is 0 Å². The summed E-state index contributed by atoms with van der Waals surface area (Å²) in [6.07, 6.45) is 3.64. The van der Waals surface area contributed by atoms with Gasteiger partial charge in [0, 0.05) is 25.0 Å². The molecule has 1 aliphatic rings. The van der Waals surface area contributed by atoms with Crippen molar-refractivity contribution in [1.82, 2.24) is 15.3 Å². The van der Waals surface area contributed by atoms with Gasteiger partial charge in [-0.3, -0.25) is 4.79 Å². The summed E-state index contributed by atoms with van der Waals surface area (Å²) < 4.78 is 17.3. The SMILES string of the molecule is COc1c(C#N)ccnc1O[C@]1(C(=O)c2cccnc2OC(C)C)CC[C@@H](CO)NC1. The highest BCUT2D eigenvalue weighted by Gasteiger charge is 2.46. The molecule has 1 saturated heterocycles. The van der Waals surface area contributed by atoms with Gasteiger partial charge in [0.25, 0.3) is 5.88 Å². The van der Waals surface area contributed by atoms with Crippen LogP contribution in [0.15, 0.2) is 30.6 Å². The number of nitrogens with one attached hydrogen (secondary N) is 1. The van der Waals surface area contributed by atoms with Crippen LogP contribution in [-0.2, 0) is 0 Å². The maximum atomic E-state index is 13.8. The summed E-state index contributed by atoms with van der Waals surface area (Å²) in [6.45, 7) is 3.79. The molecule has 0 unspecified atom stereocenters. The standard InChI is InChI=1S/C22H26N4O5/c1-14(2)30-20-17(5-4-9-24-20)19(28)22(8-6-16(12-27)26-13-22)31-21-18(29-3)15(11-23)7-10-25-21/h4-5,7,9-10,14,16,26-27H,6,8,12-13H2,1-3H3/t16-,22+/m0/s1. The molecule has 0 aromatic carbocycles. The second kappa shape index (κ2) is 9.73. The Bertz CT molecular complexity index is 965. The molecule has 164 valence electrons. The first kappa shape index (κ1) is 22.5. The van der Waals surface area contributed by atoms with E-state index in [2.05, 4.69) is 15.3 Å². The van der Waals surface area contributed by atoms with Crippen molar-refractivity contribution in [2.24, 2.45) is 0 Å². The number of hydrogen-bond donors (Lipinski definition) is 2. The van der Waals surface area contributed by atoms with Crippen LogP contribution in [0.25, 0.3) is 0 Å². The summed E-state index contributed by atoms with van der Waals surface area (Å²) >= 11 is 0. The molecule has 2 aromatic heterocycles. The van der Waals surface area contributed by atoms with Gasteiger partial charge in [-0.25, -0.2) is 9.97 Å². The lowest BCUT2D eigenvalue weighted by Crippen LogP contribution is -2.59. The number of carbonyl (C=O) groups is 1. The van der Waals surface area contributed by atoms with E-state index in [9.17, 15) is 15.2 Å². The zero-order valence-corrected chi connectivity index (χ0v) is 17.8. The Morgan fingerprint density at radius 3 is 2.74 bits per heavy atom. The third-order valence-electron chi connectivity index (χ3n) is 5.06. The van der Waals surface area contributed by atoms with Crippen LogP contribution in [0.2, 0.25) is 0 Å². The van der Waals surface area contributed by atoms with Crippen molar-refractivity contribution in [3.05, 3.63) is 41.7 Å². The number of hydrogen-bond acceptors (Lipinski definition) is 9. The minimum absolute atomic E-state index is 0.0503. The molecule has 1 fully saturated rings. The minimum atomic E-state index is -1.35. The molecule has 0 aliphatic carbocycles. The Balaban J connectivity index is 2.04. The summed E-state index contributed by atoms with van der Waals surface area (Å²) in [5.41, 5.74) is -0.814. The van der Waals surface area contributed by atoms with Crippen LogP contribution in [0, 0.1) is 11.3 Å². The molecular weight excluding hydrogens is 400 g/mol. The summed E-state index contributed by atoms with van der Waals surface area (Å²) in [4.78, 5) is 22.2. The summed E-state index contributed by atoms with van der Waals surface area (Å²) in [5, 5.41) is 22.1. The molecule has 0 radical (unpaired) electrons. The summed E-state index contributed by atoms with van der Waals surface area (Å²) in [7, 11) is 1.41. The minimum Gasteiger partial charge on any atom is -0.490 e. The monoisotopic (exact) mass is 426 g/mol. The maximum absolute atomic E-state index is 13.8. The Morgan fingerprint density at radius 2 is 2.13 bits per heavy atom. The molecule has 0 saturated carbocycles. The Morgan fingerprint density at radius 1 is 1.35 bits per heavy atom. The van der Waals surface area contributed by atoms with E-state index >= 15 is 0 Å². The van der Waals surface area contributed by atoms with E-state index in [1.807, 2.05) is 19.9 Å². The third-order valence-corrected chi connectivity index (χ3v) is 5.06. The number of ether oxygens (including phenoxy) is 3. The molecule has 9 heteroatoms. The number of methoxy groups -OCH3 is 1. The fourth-order valence-corrected chi connectivity index (χ4v) is 3.49. The van der Waals surface area contributed by atoms with Crippen molar-refractivity contribution in [2.45, 2.75) is 44.4 Å². The number of pyridine rings is 2. The summed E-state index contributed by atoms with van der Waals surface area (Å²) in [5.74, 6) is 0.104. The quantitative estimate of drug-likeness (QED) is 0.608. The van der Waals surface area contributed by atoms with Crippen LogP contribution < -0.4 is 19.5 Å². The van der Waals surface area contributed by atoms with E-state index in [1.165, 1.54) is 19.4 Å². The molecule has 0 bridgehead atoms. The van der Waals surface area contributed by atoms with Crippen LogP contribution in [0.3, 0.4) is 0 Å². The summed E-state index contributed by atoms with van der Waals surface area (Å²) in [6, 6.07) is 6.71. The van der Waals surface area contributed by atoms with Gasteiger partial charge in [0.15, 0.2) is 11.4 Å². The van der Waals surface area contributed by atoms with Gasteiger partial charge in [-0.2, -0.15) is 5.26 Å². The van der Waals surface area contributed by atoms with Crippen molar-refractivity contribution in [2.75, 3.05) is 20.3 Å². The lowest BCUT2D eigenvalue weighted by atomic mass is 9.83. The highest BCUT2D eigenvalue weighted by atomic mass is 16.5. The molecule has 2 N–H and O–H groups in total. The van der Waals surface area contributed by atoms with Crippen LogP contribution in [-0.4, -0.2) is 58.9 Å². The number of Topliss-reactive ketones (excluding diaryl/α,β-unsaturated/α-hetero) is 1. The van der Waals surface area contributed by atoms with Gasteiger partial charge in [-0.15, -0.1) is 0 Å². The number of aliphatic hydroxyl groups excluding tert-OH is 1. The van der Waals surface area contributed by atoms with Crippen molar-refractivity contribution in [3.8, 4) is 23.6 Å². The predicted molar refractivity (Wildman–Crippen MR) is 111 cm³/mol. The average molecular weight is 426 g/mol. The van der Waals surface area contributed by atoms with Crippen molar-refractivity contribution in [3.63, 3.8) is 0 Å². The van der Waals surface area contributed by atoms with E-state index < -0.39 is 5.60 Å². The largest absolute Gasteiger partial charge is 0.490 e. The lowest BCUT2D eigenvalue weighted by Gasteiger charge is -2.39. The second-order valence-corrected chi connectivity index (χ2v) is 7.56. The third kappa shape index (κ3) is 4.76. The molecule has 0 spiro atoms. The number of ketones is 1. The predicted octanol–water partition coefficient (Wildman–Crippen LogP) is 1.89. The van der Waals surface area contributed by atoms with Crippen LogP contribution in [0.1, 0.15) is 42.6 Å². The fraction of sp³-hybridized carbons (Fsp3) is 0.455. The van der Waals surface area contributed by atoms with E-state index in [4.69, 9.17) is 14.2 Å². The first-order chi connectivity index (χ1) is 14.9. The van der Waals surface area contributed by atoms with Gasteiger partial charge in [-0.1, -0.05) is 0 Å². The Hall–Kier alpha value is -3.22. The average Bonchev–Trinajstić information content (AvgIpc) is 2.78. The zero-order valence-electron chi connectivity index (χ0n) is 17.8. The van der Waals surface area contributed by atoms with Gasteiger partial charge in [0.1, 0.15) is 11.6 Å². The number of nitrogens with zero attached hydrogens (tertiary/aromatic N) is 3. The molecule has 0 amide bonds. The molecule has 3 heterocycles. The molecular formula is C22H26N4O5. The molecule has 2 aromatic rings. The molecule has 2 atom stereocenters. The normalized spacial score (nSPS) is 20.7. The Kier molecular flexibility index (Phi) is 7.05. The van der Waals surface area contributed by atoms with E-state index in [0.717, 1.165) is 0 Å². The van der Waals surface area contributed by atoms with E-state index in [1.54, 1.807) is 18.3 Å². The molecule has 1 aliphatic heterocycles. The highest BCUT2D eigenvalue weighted by molar-refractivity contribution is 6.04. The zero-order chi connectivity index (χ0) is 22.4. The van der Waals surface area contributed by atoms with Gasteiger partial charge in [0.05, 0.1) is 25.4 Å². The second-order valence-electron chi connectivity index (χ2n) is 7.56. The number of carbonyl (C=O) groups excluding carboxylic acids is 1. The first-order valence-corrected chi connectivity index (χ1v) is 10.1. The molecule has 3 rings (SSSR count). The molecule has 9 nitrogen and oxygen atoms in total. The number of nitriles is 1. The van der Waals surface area contributed by atoms with Gasteiger partial charge in [-0.05, 0) is 44.9 Å². The number of aliphatic hydroxyl groups is 1. The lowest BCUT2D eigenvalue weighted by molar-refractivity contribution is 0.0194. The van der Waals surface area contributed by atoms with Gasteiger partial charge >= 0.3 is 0 Å². The van der Waals surface area contributed by atoms with Crippen molar-refractivity contribution < 1.29 is 24.1 Å². The highest BCUT2D eigenvalue weighted by Crippen LogP contribution is 2.36. The van der Waals surface area contributed by atoms with Gasteiger partial charge in [0.2, 0.25) is 11.7 Å². The topological polar surface area (TPSA) is 127 Å². The van der Waals surface area contributed by atoms with Gasteiger partial charge < -0.3 is 24.6 Å². The fourth-order valence-electron chi connectivity index (χ4n) is 3.49. The maximum Gasteiger partial charge on any atom is 0.259 e. The first-order valence-electron chi connectivity index (χ1n) is 10.1. The van der Waals surface area contributed by atoms with Crippen molar-refractivity contribution in [1.29, 1.82) is 5.26 Å². The number of rotatable bonds is 8. The Labute approximate surface area is 181 Å². The van der Waals surface area contributed by atoms with E-state index in [0.29, 0.717) is 12.8 Å². The van der Waals surface area contributed by atoms with E-state index in [-0.39, 0.29) is 59.7 Å². The van der Waals surface area contributed by atoms with Crippen LogP contribution in [0.5, 0.6) is 17.5 Å². The number of aromatic nitrogens is 2. The van der Waals surface area contributed by atoms with Crippen LogP contribution >= 0.6 is 0 Å². The number of piperidine rings is 1.